The van der Waals surface area contributed by atoms with Crippen molar-refractivity contribution in [2.24, 2.45) is 0 Å². The standard InChI is InChI=1S/C15H14FNO4S/c1-9-3-6-14(10(2)7-9)17-22(20,21)11-4-5-13(16)12(8-11)15(18)19/h3-8,17H,1-2H3,(H,18,19). The molecule has 0 saturated heterocycles. The first-order valence-corrected chi connectivity index (χ1v) is 7.82. The predicted octanol–water partition coefficient (Wildman–Crippen LogP) is 2.94. The summed E-state index contributed by atoms with van der Waals surface area (Å²) in [6.45, 7) is 3.63. The minimum atomic E-state index is -4.00. The van der Waals surface area contributed by atoms with E-state index in [9.17, 15) is 17.6 Å². The molecule has 0 unspecified atom stereocenters. The number of hydrogen-bond donors (Lipinski definition) is 2. The fourth-order valence-electron chi connectivity index (χ4n) is 1.97. The van der Waals surface area contributed by atoms with Crippen LogP contribution in [0.2, 0.25) is 0 Å². The van der Waals surface area contributed by atoms with Gasteiger partial charge >= 0.3 is 5.97 Å². The number of halogens is 1. The Hall–Kier alpha value is -2.41. The van der Waals surface area contributed by atoms with Gasteiger partial charge in [-0.05, 0) is 43.7 Å². The zero-order valence-corrected chi connectivity index (χ0v) is 12.7. The molecule has 2 aromatic rings. The van der Waals surface area contributed by atoms with E-state index in [1.165, 1.54) is 0 Å². The van der Waals surface area contributed by atoms with Crippen LogP contribution in [0, 0.1) is 19.7 Å². The van der Waals surface area contributed by atoms with E-state index in [0.29, 0.717) is 5.69 Å². The Balaban J connectivity index is 2.42. The molecule has 2 N–H and O–H groups in total. The van der Waals surface area contributed by atoms with E-state index in [-0.39, 0.29) is 4.90 Å². The van der Waals surface area contributed by atoms with Crippen LogP contribution in [0.25, 0.3) is 0 Å². The maximum atomic E-state index is 13.3. The van der Waals surface area contributed by atoms with Gasteiger partial charge in [-0.2, -0.15) is 0 Å². The molecule has 0 atom stereocenters. The summed E-state index contributed by atoms with van der Waals surface area (Å²) in [4.78, 5) is 10.6. The minimum absolute atomic E-state index is 0.314. The van der Waals surface area contributed by atoms with Gasteiger partial charge in [-0.25, -0.2) is 17.6 Å². The first-order valence-electron chi connectivity index (χ1n) is 6.33. The number of carboxylic acid groups (broad SMARTS) is 1. The van der Waals surface area contributed by atoms with E-state index >= 15 is 0 Å². The van der Waals surface area contributed by atoms with Crippen LogP contribution in [0.5, 0.6) is 0 Å². The van der Waals surface area contributed by atoms with Gasteiger partial charge in [0.05, 0.1) is 16.1 Å². The molecule has 0 fully saturated rings. The van der Waals surface area contributed by atoms with Crippen molar-refractivity contribution in [2.75, 3.05) is 4.72 Å². The highest BCUT2D eigenvalue weighted by molar-refractivity contribution is 7.92. The highest BCUT2D eigenvalue weighted by Crippen LogP contribution is 2.22. The minimum Gasteiger partial charge on any atom is -0.478 e. The molecule has 2 aromatic carbocycles. The van der Waals surface area contributed by atoms with E-state index in [1.807, 2.05) is 13.0 Å². The van der Waals surface area contributed by atoms with Gasteiger partial charge in [0.25, 0.3) is 10.0 Å². The van der Waals surface area contributed by atoms with Crippen LogP contribution in [0.15, 0.2) is 41.3 Å². The maximum absolute atomic E-state index is 13.3. The first kappa shape index (κ1) is 16.0. The number of rotatable bonds is 4. The van der Waals surface area contributed by atoms with Crippen LogP contribution in [0.3, 0.4) is 0 Å². The molecular formula is C15H14FNO4S. The summed E-state index contributed by atoms with van der Waals surface area (Å²) in [7, 11) is -4.00. The van der Waals surface area contributed by atoms with Gasteiger partial charge in [-0.3, -0.25) is 4.72 Å². The monoisotopic (exact) mass is 323 g/mol. The van der Waals surface area contributed by atoms with Crippen molar-refractivity contribution < 1.29 is 22.7 Å². The summed E-state index contributed by atoms with van der Waals surface area (Å²) < 4.78 is 40.3. The molecule has 22 heavy (non-hydrogen) atoms. The van der Waals surface area contributed by atoms with Crippen molar-refractivity contribution in [3.63, 3.8) is 0 Å². The summed E-state index contributed by atoms with van der Waals surface area (Å²) in [6.07, 6.45) is 0. The third kappa shape index (κ3) is 3.25. The average Bonchev–Trinajstić information content (AvgIpc) is 2.42. The second-order valence-electron chi connectivity index (χ2n) is 4.87. The highest BCUT2D eigenvalue weighted by Gasteiger charge is 2.19. The van der Waals surface area contributed by atoms with Crippen molar-refractivity contribution in [3.8, 4) is 0 Å². The second-order valence-corrected chi connectivity index (χ2v) is 6.55. The molecule has 0 heterocycles. The molecule has 0 radical (unpaired) electrons. The molecule has 0 saturated carbocycles. The third-order valence-electron chi connectivity index (χ3n) is 3.10. The number of anilines is 1. The van der Waals surface area contributed by atoms with Gasteiger partial charge in [-0.15, -0.1) is 0 Å². The van der Waals surface area contributed by atoms with E-state index < -0.39 is 27.4 Å². The van der Waals surface area contributed by atoms with Crippen LogP contribution >= 0.6 is 0 Å². The molecular weight excluding hydrogens is 309 g/mol. The number of hydrogen-bond acceptors (Lipinski definition) is 3. The van der Waals surface area contributed by atoms with E-state index in [0.717, 1.165) is 29.3 Å². The van der Waals surface area contributed by atoms with Gasteiger partial charge in [0.15, 0.2) is 0 Å². The average molecular weight is 323 g/mol. The van der Waals surface area contributed by atoms with Gasteiger partial charge < -0.3 is 5.11 Å². The van der Waals surface area contributed by atoms with Crippen molar-refractivity contribution in [2.45, 2.75) is 18.7 Å². The van der Waals surface area contributed by atoms with Gasteiger partial charge in [-0.1, -0.05) is 17.7 Å². The van der Waals surface area contributed by atoms with Crippen LogP contribution < -0.4 is 4.72 Å². The summed E-state index contributed by atoms with van der Waals surface area (Å²) in [5.41, 5.74) is 1.40. The molecule has 5 nitrogen and oxygen atoms in total. The molecule has 0 amide bonds. The lowest BCUT2D eigenvalue weighted by atomic mass is 10.1. The molecule has 116 valence electrons. The molecule has 0 aliphatic rings. The van der Waals surface area contributed by atoms with E-state index in [2.05, 4.69) is 4.72 Å². The highest BCUT2D eigenvalue weighted by atomic mass is 32.2. The Morgan fingerprint density at radius 1 is 1.14 bits per heavy atom. The number of aryl methyl sites for hydroxylation is 2. The van der Waals surface area contributed by atoms with Crippen molar-refractivity contribution in [3.05, 3.63) is 58.9 Å². The largest absolute Gasteiger partial charge is 0.478 e. The maximum Gasteiger partial charge on any atom is 0.338 e. The molecule has 0 bridgehead atoms. The fourth-order valence-corrected chi connectivity index (χ4v) is 3.12. The lowest BCUT2D eigenvalue weighted by Gasteiger charge is -2.11. The van der Waals surface area contributed by atoms with Crippen molar-refractivity contribution >= 4 is 21.7 Å². The number of benzene rings is 2. The zero-order chi connectivity index (χ0) is 16.5. The van der Waals surface area contributed by atoms with Crippen molar-refractivity contribution in [1.82, 2.24) is 0 Å². The topological polar surface area (TPSA) is 83.5 Å². The fraction of sp³-hybridized carbons (Fsp3) is 0.133. The van der Waals surface area contributed by atoms with E-state index in [4.69, 9.17) is 5.11 Å². The van der Waals surface area contributed by atoms with Crippen LogP contribution in [0.4, 0.5) is 10.1 Å². The Morgan fingerprint density at radius 3 is 2.41 bits per heavy atom. The number of carbonyl (C=O) groups is 1. The lowest BCUT2D eigenvalue weighted by molar-refractivity contribution is 0.0691. The Morgan fingerprint density at radius 2 is 1.82 bits per heavy atom. The molecule has 7 heteroatoms. The van der Waals surface area contributed by atoms with Gasteiger partial charge in [0.1, 0.15) is 5.82 Å². The molecule has 0 aliphatic carbocycles. The predicted molar refractivity (Wildman–Crippen MR) is 80.1 cm³/mol. The summed E-state index contributed by atoms with van der Waals surface area (Å²) in [6, 6.07) is 7.81. The molecule has 2 rings (SSSR count). The number of sulfonamides is 1. The van der Waals surface area contributed by atoms with Crippen molar-refractivity contribution in [1.29, 1.82) is 0 Å². The quantitative estimate of drug-likeness (QED) is 0.906. The summed E-state index contributed by atoms with van der Waals surface area (Å²) >= 11 is 0. The van der Waals surface area contributed by atoms with Gasteiger partial charge in [0, 0.05) is 0 Å². The summed E-state index contributed by atoms with van der Waals surface area (Å²) in [5.74, 6) is -2.51. The molecule has 0 spiro atoms. The summed E-state index contributed by atoms with van der Waals surface area (Å²) in [5, 5.41) is 8.86. The lowest BCUT2D eigenvalue weighted by Crippen LogP contribution is -2.15. The smallest absolute Gasteiger partial charge is 0.338 e. The first-order chi connectivity index (χ1) is 10.2. The van der Waals surface area contributed by atoms with Crippen LogP contribution in [-0.2, 0) is 10.0 Å². The SMILES string of the molecule is Cc1ccc(NS(=O)(=O)c2ccc(F)c(C(=O)O)c2)c(C)c1. The zero-order valence-electron chi connectivity index (χ0n) is 11.9. The number of aromatic carboxylic acids is 1. The second kappa shape index (κ2) is 5.76. The van der Waals surface area contributed by atoms with E-state index in [1.54, 1.807) is 19.1 Å². The molecule has 0 aromatic heterocycles. The number of carboxylic acids is 1. The Bertz CT molecular complexity index is 847. The third-order valence-corrected chi connectivity index (χ3v) is 4.47. The Labute approximate surface area is 127 Å². The van der Waals surface area contributed by atoms with Crippen LogP contribution in [-0.4, -0.2) is 19.5 Å². The normalized spacial score (nSPS) is 11.2. The Kier molecular flexibility index (Phi) is 4.18. The van der Waals surface area contributed by atoms with Crippen LogP contribution in [0.1, 0.15) is 21.5 Å². The van der Waals surface area contributed by atoms with Gasteiger partial charge in [0.2, 0.25) is 0 Å². The number of nitrogens with one attached hydrogen (secondary N) is 1. The molecule has 0 aliphatic heterocycles.